The average molecular weight is 206 g/mol. The minimum absolute atomic E-state index is 0.180. The SMILES string of the molecule is COC(=C=O)Cc1cccc(B(O)O)c1. The highest BCUT2D eigenvalue weighted by Gasteiger charge is 2.11. The van der Waals surface area contributed by atoms with E-state index in [-0.39, 0.29) is 5.76 Å². The van der Waals surface area contributed by atoms with Gasteiger partial charge in [0, 0.05) is 6.42 Å². The molecule has 0 unspecified atom stereocenters. The molecule has 0 bridgehead atoms. The molecular formula is C10H11BO4. The van der Waals surface area contributed by atoms with Gasteiger partial charge in [0.25, 0.3) is 0 Å². The number of hydrogen-bond acceptors (Lipinski definition) is 4. The van der Waals surface area contributed by atoms with Gasteiger partial charge in [-0.3, -0.25) is 0 Å². The van der Waals surface area contributed by atoms with Crippen molar-refractivity contribution in [2.45, 2.75) is 6.42 Å². The second-order valence-electron chi connectivity index (χ2n) is 3.02. The zero-order valence-electron chi connectivity index (χ0n) is 8.30. The zero-order valence-corrected chi connectivity index (χ0v) is 8.30. The summed E-state index contributed by atoms with van der Waals surface area (Å²) in [5, 5.41) is 17.9. The molecule has 0 radical (unpaired) electrons. The molecule has 0 aliphatic rings. The summed E-state index contributed by atoms with van der Waals surface area (Å²) in [5.74, 6) is 1.85. The van der Waals surface area contributed by atoms with Gasteiger partial charge in [0.05, 0.1) is 7.11 Å². The fourth-order valence-electron chi connectivity index (χ4n) is 1.20. The molecule has 5 heteroatoms. The Hall–Kier alpha value is -1.55. The minimum atomic E-state index is -1.50. The Morgan fingerprint density at radius 2 is 2.27 bits per heavy atom. The molecule has 4 nitrogen and oxygen atoms in total. The molecule has 0 aromatic heterocycles. The maximum absolute atomic E-state index is 10.4. The molecule has 78 valence electrons. The van der Waals surface area contributed by atoms with Gasteiger partial charge in [-0.15, -0.1) is 0 Å². The van der Waals surface area contributed by atoms with Gasteiger partial charge >= 0.3 is 7.12 Å². The zero-order chi connectivity index (χ0) is 11.3. The second-order valence-corrected chi connectivity index (χ2v) is 3.02. The first kappa shape index (κ1) is 11.5. The van der Waals surface area contributed by atoms with E-state index < -0.39 is 7.12 Å². The summed E-state index contributed by atoms with van der Waals surface area (Å²) in [4.78, 5) is 10.4. The highest BCUT2D eigenvalue weighted by Crippen LogP contribution is 2.04. The largest absolute Gasteiger partial charge is 0.489 e. The third-order valence-electron chi connectivity index (χ3n) is 1.97. The molecule has 0 saturated carbocycles. The number of methoxy groups -OCH3 is 1. The van der Waals surface area contributed by atoms with Gasteiger partial charge in [0.15, 0.2) is 11.7 Å². The highest BCUT2D eigenvalue weighted by molar-refractivity contribution is 6.58. The molecule has 0 spiro atoms. The van der Waals surface area contributed by atoms with Crippen molar-refractivity contribution < 1.29 is 19.6 Å². The summed E-state index contributed by atoms with van der Waals surface area (Å²) in [5.41, 5.74) is 1.15. The smallest absolute Gasteiger partial charge is 0.488 e. The van der Waals surface area contributed by atoms with Gasteiger partial charge in [-0.2, -0.15) is 0 Å². The molecule has 0 saturated heterocycles. The van der Waals surface area contributed by atoms with Crippen LogP contribution in [0, 0.1) is 0 Å². The first-order valence-electron chi connectivity index (χ1n) is 4.40. The van der Waals surface area contributed by atoms with Crippen LogP contribution in [-0.4, -0.2) is 30.2 Å². The van der Waals surface area contributed by atoms with Crippen LogP contribution >= 0.6 is 0 Å². The van der Waals surface area contributed by atoms with E-state index in [4.69, 9.17) is 14.8 Å². The lowest BCUT2D eigenvalue weighted by Gasteiger charge is -2.04. The lowest BCUT2D eigenvalue weighted by atomic mass is 9.79. The molecule has 0 aliphatic heterocycles. The lowest BCUT2D eigenvalue weighted by Crippen LogP contribution is -2.29. The summed E-state index contributed by atoms with van der Waals surface area (Å²) >= 11 is 0. The summed E-state index contributed by atoms with van der Waals surface area (Å²) in [6.45, 7) is 0. The van der Waals surface area contributed by atoms with E-state index >= 15 is 0 Å². The Bertz CT molecular complexity index is 383. The molecule has 1 rings (SSSR count). The summed E-state index contributed by atoms with van der Waals surface area (Å²) in [6, 6.07) is 6.64. The molecule has 0 heterocycles. The van der Waals surface area contributed by atoms with Crippen LogP contribution in [0.5, 0.6) is 0 Å². The van der Waals surface area contributed by atoms with Crippen molar-refractivity contribution in [3.63, 3.8) is 0 Å². The predicted molar refractivity (Wildman–Crippen MR) is 56.2 cm³/mol. The van der Waals surface area contributed by atoms with E-state index in [2.05, 4.69) is 0 Å². The first-order chi connectivity index (χ1) is 7.17. The van der Waals surface area contributed by atoms with Gasteiger partial charge in [0.2, 0.25) is 0 Å². The fraction of sp³-hybridized carbons (Fsp3) is 0.200. The van der Waals surface area contributed by atoms with Crippen LogP contribution in [0.4, 0.5) is 0 Å². The van der Waals surface area contributed by atoms with Gasteiger partial charge in [-0.1, -0.05) is 24.3 Å². The van der Waals surface area contributed by atoms with Gasteiger partial charge in [0.1, 0.15) is 0 Å². The van der Waals surface area contributed by atoms with Crippen molar-refractivity contribution in [3.8, 4) is 0 Å². The number of carbonyl (C=O) groups excluding carboxylic acids is 1. The number of allylic oxidation sites excluding steroid dienone is 1. The van der Waals surface area contributed by atoms with Crippen LogP contribution in [0.15, 0.2) is 30.0 Å². The van der Waals surface area contributed by atoms with Crippen LogP contribution in [0.3, 0.4) is 0 Å². The van der Waals surface area contributed by atoms with Crippen molar-refractivity contribution in [2.24, 2.45) is 0 Å². The number of ether oxygens (including phenoxy) is 1. The first-order valence-corrected chi connectivity index (χ1v) is 4.40. The van der Waals surface area contributed by atoms with Crippen molar-refractivity contribution in [3.05, 3.63) is 35.6 Å². The molecule has 1 aromatic carbocycles. The van der Waals surface area contributed by atoms with E-state index in [0.717, 1.165) is 5.56 Å². The molecule has 15 heavy (non-hydrogen) atoms. The Balaban J connectivity index is 2.87. The Labute approximate surface area is 88.0 Å². The predicted octanol–water partition coefficient (Wildman–Crippen LogP) is -0.729. The van der Waals surface area contributed by atoms with Gasteiger partial charge < -0.3 is 14.8 Å². The topological polar surface area (TPSA) is 66.8 Å². The molecule has 1 aromatic rings. The molecule has 0 amide bonds. The van der Waals surface area contributed by atoms with E-state index in [9.17, 15) is 4.79 Å². The van der Waals surface area contributed by atoms with Crippen LogP contribution < -0.4 is 5.46 Å². The molecule has 0 fully saturated rings. The average Bonchev–Trinajstić information content (AvgIpc) is 2.26. The lowest BCUT2D eigenvalue weighted by molar-refractivity contribution is 0.286. The quantitative estimate of drug-likeness (QED) is 0.387. The Morgan fingerprint density at radius 1 is 1.53 bits per heavy atom. The maximum atomic E-state index is 10.4. The molecular weight excluding hydrogens is 195 g/mol. The Morgan fingerprint density at radius 3 is 2.80 bits per heavy atom. The molecule has 0 atom stereocenters. The standard InChI is InChI=1S/C10H11BO4/c1-15-10(7-12)6-8-3-2-4-9(5-8)11(13)14/h2-5,13-14H,6H2,1H3. The van der Waals surface area contributed by atoms with Crippen molar-refractivity contribution >= 4 is 18.5 Å². The molecule has 0 aliphatic carbocycles. The summed E-state index contributed by atoms with van der Waals surface area (Å²) < 4.78 is 4.77. The summed E-state index contributed by atoms with van der Waals surface area (Å²) in [7, 11) is -0.110. The number of rotatable bonds is 4. The monoisotopic (exact) mass is 206 g/mol. The minimum Gasteiger partial charge on any atom is -0.489 e. The maximum Gasteiger partial charge on any atom is 0.488 e. The highest BCUT2D eigenvalue weighted by atomic mass is 16.5. The van der Waals surface area contributed by atoms with Crippen LogP contribution in [0.25, 0.3) is 0 Å². The van der Waals surface area contributed by atoms with E-state index in [1.165, 1.54) is 7.11 Å². The third-order valence-corrected chi connectivity index (χ3v) is 1.97. The van der Waals surface area contributed by atoms with E-state index in [0.29, 0.717) is 11.9 Å². The van der Waals surface area contributed by atoms with E-state index in [1.54, 1.807) is 30.2 Å². The fourth-order valence-corrected chi connectivity index (χ4v) is 1.20. The Kier molecular flexibility index (Phi) is 4.12. The van der Waals surface area contributed by atoms with Crippen molar-refractivity contribution in [1.82, 2.24) is 0 Å². The normalized spacial score (nSPS) is 9.27. The summed E-state index contributed by atoms with van der Waals surface area (Å²) in [6.07, 6.45) is 0.292. The van der Waals surface area contributed by atoms with Gasteiger partial charge in [-0.05, 0) is 11.0 Å². The van der Waals surface area contributed by atoms with Gasteiger partial charge in [-0.25, -0.2) is 4.79 Å². The van der Waals surface area contributed by atoms with Crippen LogP contribution in [0.2, 0.25) is 0 Å². The number of hydrogen-bond donors (Lipinski definition) is 2. The third kappa shape index (κ3) is 3.25. The van der Waals surface area contributed by atoms with Crippen LogP contribution in [0.1, 0.15) is 5.56 Å². The van der Waals surface area contributed by atoms with E-state index in [1.807, 2.05) is 0 Å². The second kappa shape index (κ2) is 5.36. The number of benzene rings is 1. The van der Waals surface area contributed by atoms with Crippen molar-refractivity contribution in [1.29, 1.82) is 0 Å². The molecule has 2 N–H and O–H groups in total. The van der Waals surface area contributed by atoms with Crippen molar-refractivity contribution in [2.75, 3.05) is 7.11 Å². The van der Waals surface area contributed by atoms with Crippen LogP contribution in [-0.2, 0) is 16.0 Å².